The molecule has 1 spiro atoms. The van der Waals surface area contributed by atoms with Gasteiger partial charge in [0.15, 0.2) is 0 Å². The van der Waals surface area contributed by atoms with Gasteiger partial charge in [-0.1, -0.05) is 36.8 Å². The fourth-order valence-corrected chi connectivity index (χ4v) is 7.77. The summed E-state index contributed by atoms with van der Waals surface area (Å²) in [7, 11) is 1.69. The molecule has 6 heteroatoms. The first kappa shape index (κ1) is 23.4. The highest BCUT2D eigenvalue weighted by Gasteiger charge is 2.64. The third kappa shape index (κ3) is 3.52. The number of amides is 2. The molecule has 4 aliphatic rings. The zero-order valence-corrected chi connectivity index (χ0v) is 21.7. The molecule has 2 saturated heterocycles. The van der Waals surface area contributed by atoms with Crippen molar-refractivity contribution < 1.29 is 14.3 Å². The number of piperazine rings is 1. The normalized spacial score (nSPS) is 29.5. The Morgan fingerprint density at radius 1 is 1.06 bits per heavy atom. The predicted molar refractivity (Wildman–Crippen MR) is 140 cm³/mol. The summed E-state index contributed by atoms with van der Waals surface area (Å²) in [4.78, 5) is 34.0. The third-order valence-electron chi connectivity index (χ3n) is 9.32. The molecular weight excluding hydrogens is 450 g/mol. The van der Waals surface area contributed by atoms with Crippen LogP contribution in [0.1, 0.15) is 42.9 Å². The molecule has 0 radical (unpaired) electrons. The second-order valence-corrected chi connectivity index (χ2v) is 11.3. The number of hydrogen-bond acceptors (Lipinski definition) is 4. The van der Waals surface area contributed by atoms with Crippen molar-refractivity contribution in [1.29, 1.82) is 0 Å². The van der Waals surface area contributed by atoms with E-state index in [4.69, 9.17) is 4.74 Å². The van der Waals surface area contributed by atoms with E-state index >= 15 is 0 Å². The Morgan fingerprint density at radius 2 is 1.86 bits per heavy atom. The van der Waals surface area contributed by atoms with Crippen LogP contribution < -0.4 is 9.64 Å². The molecule has 1 unspecified atom stereocenters. The summed E-state index contributed by atoms with van der Waals surface area (Å²) in [6, 6.07) is 14.9. The Morgan fingerprint density at radius 3 is 2.64 bits per heavy atom. The lowest BCUT2D eigenvalue weighted by Crippen LogP contribution is -2.52. The number of nitrogens with zero attached hydrogens (tertiary/aromatic N) is 3. The first-order valence-corrected chi connectivity index (χ1v) is 13.5. The van der Waals surface area contributed by atoms with Gasteiger partial charge in [0.2, 0.25) is 11.8 Å². The van der Waals surface area contributed by atoms with Crippen LogP contribution in [0.3, 0.4) is 0 Å². The first-order chi connectivity index (χ1) is 17.4. The molecule has 6 rings (SSSR count). The van der Waals surface area contributed by atoms with Gasteiger partial charge < -0.3 is 19.4 Å². The van der Waals surface area contributed by atoms with Crippen LogP contribution in [0.4, 0.5) is 5.69 Å². The van der Waals surface area contributed by atoms with Gasteiger partial charge in [0.25, 0.3) is 0 Å². The largest absolute Gasteiger partial charge is 0.497 e. The van der Waals surface area contributed by atoms with Crippen molar-refractivity contribution in [3.05, 3.63) is 59.2 Å². The van der Waals surface area contributed by atoms with Gasteiger partial charge in [0.1, 0.15) is 5.75 Å². The molecule has 6 nitrogen and oxygen atoms in total. The molecule has 2 aromatic rings. The molecule has 36 heavy (non-hydrogen) atoms. The second-order valence-electron chi connectivity index (χ2n) is 11.3. The lowest BCUT2D eigenvalue weighted by Gasteiger charge is -2.40. The highest BCUT2D eigenvalue weighted by Crippen LogP contribution is 2.60. The summed E-state index contributed by atoms with van der Waals surface area (Å²) in [5.41, 5.74) is 4.78. The topological polar surface area (TPSA) is 53.1 Å². The van der Waals surface area contributed by atoms with E-state index in [2.05, 4.69) is 58.9 Å². The van der Waals surface area contributed by atoms with E-state index < -0.39 is 0 Å². The van der Waals surface area contributed by atoms with Gasteiger partial charge in [0, 0.05) is 62.7 Å². The van der Waals surface area contributed by atoms with Crippen LogP contribution in [0.15, 0.2) is 42.5 Å². The Labute approximate surface area is 214 Å². The first-order valence-electron chi connectivity index (χ1n) is 13.5. The highest BCUT2D eigenvalue weighted by molar-refractivity contribution is 5.86. The van der Waals surface area contributed by atoms with Crippen LogP contribution in [0.2, 0.25) is 0 Å². The van der Waals surface area contributed by atoms with Gasteiger partial charge in [-0.3, -0.25) is 9.59 Å². The Kier molecular flexibility index (Phi) is 5.73. The van der Waals surface area contributed by atoms with Gasteiger partial charge in [-0.05, 0) is 55.4 Å². The second kappa shape index (κ2) is 8.82. The van der Waals surface area contributed by atoms with E-state index in [9.17, 15) is 9.59 Å². The van der Waals surface area contributed by atoms with Crippen LogP contribution >= 0.6 is 0 Å². The van der Waals surface area contributed by atoms with Crippen molar-refractivity contribution in [1.82, 2.24) is 9.80 Å². The summed E-state index contributed by atoms with van der Waals surface area (Å²) < 4.78 is 5.39. The lowest BCUT2D eigenvalue weighted by molar-refractivity contribution is -0.138. The molecule has 190 valence electrons. The molecule has 2 amide bonds. The number of rotatable bonds is 3. The van der Waals surface area contributed by atoms with E-state index in [1.54, 1.807) is 7.11 Å². The number of carbonyl (C=O) groups is 2. The Bertz CT molecular complexity index is 1190. The molecule has 1 saturated carbocycles. The molecule has 0 N–H and O–H groups in total. The monoisotopic (exact) mass is 487 g/mol. The molecule has 3 heterocycles. The van der Waals surface area contributed by atoms with Crippen molar-refractivity contribution >= 4 is 17.5 Å². The molecule has 3 aliphatic heterocycles. The number of carbonyl (C=O) groups excluding carboxylic acids is 2. The Hall–Kier alpha value is -3.02. The van der Waals surface area contributed by atoms with Crippen LogP contribution in [0, 0.1) is 24.7 Å². The maximum atomic E-state index is 14.1. The molecule has 3 fully saturated rings. The molecule has 0 bridgehead atoms. The van der Waals surface area contributed by atoms with E-state index in [0.717, 1.165) is 50.3 Å². The summed E-state index contributed by atoms with van der Waals surface area (Å²) >= 11 is 0. The number of fused-ring (bicyclic) bond motifs is 1. The fraction of sp³-hybridized carbons (Fsp3) is 0.533. The van der Waals surface area contributed by atoms with Gasteiger partial charge in [0.05, 0.1) is 12.6 Å². The maximum Gasteiger partial charge on any atom is 0.226 e. The highest BCUT2D eigenvalue weighted by atomic mass is 16.5. The van der Waals surface area contributed by atoms with Crippen LogP contribution in [-0.2, 0) is 21.5 Å². The van der Waals surface area contributed by atoms with E-state index in [0.29, 0.717) is 19.5 Å². The van der Waals surface area contributed by atoms with Crippen LogP contribution in [-0.4, -0.2) is 61.4 Å². The van der Waals surface area contributed by atoms with Gasteiger partial charge in [-0.25, -0.2) is 0 Å². The van der Waals surface area contributed by atoms with Crippen molar-refractivity contribution in [2.45, 2.75) is 45.1 Å². The number of aryl methyl sites for hydroxylation is 2. The van der Waals surface area contributed by atoms with E-state index in [1.807, 2.05) is 12.1 Å². The quantitative estimate of drug-likeness (QED) is 0.657. The van der Waals surface area contributed by atoms with Crippen LogP contribution in [0.5, 0.6) is 5.75 Å². The lowest BCUT2D eigenvalue weighted by atomic mass is 9.76. The third-order valence-corrected chi connectivity index (χ3v) is 9.32. The number of methoxy groups -OCH3 is 1. The summed E-state index contributed by atoms with van der Waals surface area (Å²) in [6.07, 6.45) is 3.39. The average molecular weight is 488 g/mol. The van der Waals surface area contributed by atoms with Crippen LogP contribution in [0.25, 0.3) is 0 Å². The number of ether oxygens (including phenoxy) is 1. The van der Waals surface area contributed by atoms with Gasteiger partial charge in [-0.2, -0.15) is 0 Å². The summed E-state index contributed by atoms with van der Waals surface area (Å²) in [6.45, 7) is 8.23. The summed E-state index contributed by atoms with van der Waals surface area (Å²) in [5.74, 6) is 1.55. The van der Waals surface area contributed by atoms with E-state index in [1.165, 1.54) is 16.7 Å². The summed E-state index contributed by atoms with van der Waals surface area (Å²) in [5, 5.41) is 0. The minimum Gasteiger partial charge on any atom is -0.497 e. The molecule has 0 aromatic heterocycles. The van der Waals surface area contributed by atoms with Gasteiger partial charge >= 0.3 is 0 Å². The van der Waals surface area contributed by atoms with Crippen molar-refractivity contribution in [3.63, 3.8) is 0 Å². The van der Waals surface area contributed by atoms with Gasteiger partial charge in [-0.15, -0.1) is 0 Å². The van der Waals surface area contributed by atoms with Crippen molar-refractivity contribution in [2.24, 2.45) is 17.8 Å². The average Bonchev–Trinajstić information content (AvgIpc) is 3.24. The predicted octanol–water partition coefficient (Wildman–Crippen LogP) is 4.00. The minimum absolute atomic E-state index is 0.0588. The number of hydrogen-bond donors (Lipinski definition) is 0. The molecule has 1 aliphatic carbocycles. The number of benzene rings is 2. The minimum atomic E-state index is -0.321. The standard InChI is InChI=1S/C30H37N3O3/c1-20-9-10-25-22(16-20)6-5-11-33-27(34)18-26-28(21(2)19-30(25,26)33)29(35)32-14-12-31(13-15-32)23-7-4-8-24(17-23)36-3/h4,7-10,16-17,21,26,28H,5-6,11-15,18-19H2,1-3H3/t21-,26-,28+,30?/m0/s1. The molecule has 4 atom stereocenters. The van der Waals surface area contributed by atoms with Crippen molar-refractivity contribution in [3.8, 4) is 5.75 Å². The fourth-order valence-electron chi connectivity index (χ4n) is 7.77. The van der Waals surface area contributed by atoms with E-state index in [-0.39, 0.29) is 35.1 Å². The maximum absolute atomic E-state index is 14.1. The zero-order valence-electron chi connectivity index (χ0n) is 21.7. The number of anilines is 1. The molecule has 2 aromatic carbocycles. The smallest absolute Gasteiger partial charge is 0.226 e. The Balaban J connectivity index is 1.26. The SMILES string of the molecule is COc1cccc(N2CCN(C(=O)[C@@H]3[C@@H](C)CC45c6ccc(C)cc6CCCN4C(=O)C[C@@H]35)CC2)c1. The molecular formula is C30H37N3O3. The zero-order chi connectivity index (χ0) is 25.0. The van der Waals surface area contributed by atoms with Crippen molar-refractivity contribution in [2.75, 3.05) is 44.7 Å².